The first-order chi connectivity index (χ1) is 12.5. The lowest BCUT2D eigenvalue weighted by molar-refractivity contribution is -0.119. The molecule has 0 saturated carbocycles. The SMILES string of the molecule is Cc1cccc(-c2nnc(SCC(=O)NNC(=O)c3cccs3)n2C)c1. The minimum atomic E-state index is -0.334. The molecular weight excluding hydrogens is 370 g/mol. The molecule has 0 atom stereocenters. The molecule has 0 aliphatic rings. The van der Waals surface area contributed by atoms with Crippen LogP contribution in [0.25, 0.3) is 11.4 Å². The molecule has 2 aromatic heterocycles. The third-order valence-electron chi connectivity index (χ3n) is 3.50. The molecule has 9 heteroatoms. The number of hydrazine groups is 1. The molecule has 0 aliphatic heterocycles. The Morgan fingerprint density at radius 2 is 2.04 bits per heavy atom. The van der Waals surface area contributed by atoms with Crippen molar-refractivity contribution < 1.29 is 9.59 Å². The Hall–Kier alpha value is -2.65. The van der Waals surface area contributed by atoms with Crippen LogP contribution < -0.4 is 10.9 Å². The molecule has 0 fully saturated rings. The first-order valence-corrected chi connectivity index (χ1v) is 9.63. The number of benzene rings is 1. The average Bonchev–Trinajstić information content (AvgIpc) is 3.28. The Kier molecular flexibility index (Phi) is 5.69. The fourth-order valence-electron chi connectivity index (χ4n) is 2.24. The Balaban J connectivity index is 1.55. The van der Waals surface area contributed by atoms with Gasteiger partial charge < -0.3 is 4.57 Å². The number of aromatic nitrogens is 3. The average molecular weight is 387 g/mol. The van der Waals surface area contributed by atoms with Crippen molar-refractivity contribution in [2.75, 3.05) is 5.75 Å². The molecule has 2 amide bonds. The molecule has 1 aromatic carbocycles. The van der Waals surface area contributed by atoms with Crippen LogP contribution in [-0.4, -0.2) is 32.3 Å². The minimum Gasteiger partial charge on any atom is -0.305 e. The summed E-state index contributed by atoms with van der Waals surface area (Å²) < 4.78 is 1.84. The van der Waals surface area contributed by atoms with Gasteiger partial charge in [0.15, 0.2) is 11.0 Å². The Labute approximate surface area is 158 Å². The molecule has 0 radical (unpaired) electrons. The lowest BCUT2D eigenvalue weighted by Gasteiger charge is -2.06. The Bertz CT molecular complexity index is 921. The maximum absolute atomic E-state index is 11.9. The van der Waals surface area contributed by atoms with Crippen LogP contribution in [-0.2, 0) is 11.8 Å². The van der Waals surface area contributed by atoms with Gasteiger partial charge in [0.05, 0.1) is 10.6 Å². The lowest BCUT2D eigenvalue weighted by Crippen LogP contribution is -2.42. The van der Waals surface area contributed by atoms with Gasteiger partial charge in [-0.25, -0.2) is 0 Å². The van der Waals surface area contributed by atoms with Crippen molar-refractivity contribution in [2.45, 2.75) is 12.1 Å². The van der Waals surface area contributed by atoms with E-state index >= 15 is 0 Å². The summed E-state index contributed by atoms with van der Waals surface area (Å²) in [4.78, 5) is 24.2. The largest absolute Gasteiger partial charge is 0.305 e. The van der Waals surface area contributed by atoms with E-state index in [2.05, 4.69) is 21.0 Å². The standard InChI is InChI=1S/C17H17N5O2S2/c1-11-5-3-6-12(9-11)15-19-21-17(22(15)2)26-10-14(23)18-20-16(24)13-7-4-8-25-13/h3-9H,10H2,1-2H3,(H,18,23)(H,20,24). The fourth-order valence-corrected chi connectivity index (χ4v) is 3.57. The number of carbonyl (C=O) groups is 2. The molecule has 2 N–H and O–H groups in total. The third kappa shape index (κ3) is 4.30. The summed E-state index contributed by atoms with van der Waals surface area (Å²) in [5.74, 6) is 0.200. The number of thiophene rings is 1. The number of thioether (sulfide) groups is 1. The van der Waals surface area contributed by atoms with Crippen molar-refractivity contribution in [1.82, 2.24) is 25.6 Å². The van der Waals surface area contributed by atoms with E-state index in [9.17, 15) is 9.59 Å². The van der Waals surface area contributed by atoms with Crippen LogP contribution in [0.2, 0.25) is 0 Å². The van der Waals surface area contributed by atoms with Crippen LogP contribution in [0.15, 0.2) is 46.9 Å². The number of nitrogens with one attached hydrogen (secondary N) is 2. The molecule has 0 spiro atoms. The van der Waals surface area contributed by atoms with Crippen molar-refractivity contribution >= 4 is 34.9 Å². The monoisotopic (exact) mass is 387 g/mol. The van der Waals surface area contributed by atoms with Crippen LogP contribution in [0.4, 0.5) is 0 Å². The zero-order valence-corrected chi connectivity index (χ0v) is 15.9. The minimum absolute atomic E-state index is 0.116. The smallest absolute Gasteiger partial charge is 0.279 e. The van der Waals surface area contributed by atoms with E-state index in [1.807, 2.05) is 42.8 Å². The van der Waals surface area contributed by atoms with Gasteiger partial charge in [-0.15, -0.1) is 21.5 Å². The highest BCUT2D eigenvalue weighted by molar-refractivity contribution is 7.99. The molecule has 0 bridgehead atoms. The summed E-state index contributed by atoms with van der Waals surface area (Å²) in [5.41, 5.74) is 6.90. The van der Waals surface area contributed by atoms with E-state index in [4.69, 9.17) is 0 Å². The number of nitrogens with zero attached hydrogens (tertiary/aromatic N) is 3. The molecule has 0 unspecified atom stereocenters. The van der Waals surface area contributed by atoms with Gasteiger partial charge in [0, 0.05) is 12.6 Å². The molecule has 7 nitrogen and oxygen atoms in total. The second-order valence-corrected chi connectivity index (χ2v) is 7.39. The quantitative estimate of drug-likeness (QED) is 0.518. The van der Waals surface area contributed by atoms with E-state index in [0.29, 0.717) is 10.0 Å². The van der Waals surface area contributed by atoms with Crippen LogP contribution in [0.3, 0.4) is 0 Å². The second-order valence-electron chi connectivity index (χ2n) is 5.50. The summed E-state index contributed by atoms with van der Waals surface area (Å²) in [6.45, 7) is 2.02. The second kappa shape index (κ2) is 8.15. The van der Waals surface area contributed by atoms with Gasteiger partial charge in [0.1, 0.15) is 0 Å². The van der Waals surface area contributed by atoms with E-state index in [1.165, 1.54) is 23.1 Å². The molecule has 0 saturated heterocycles. The van der Waals surface area contributed by atoms with Crippen LogP contribution >= 0.6 is 23.1 Å². The van der Waals surface area contributed by atoms with E-state index < -0.39 is 0 Å². The number of hydrogen-bond donors (Lipinski definition) is 2. The Morgan fingerprint density at radius 1 is 1.19 bits per heavy atom. The van der Waals surface area contributed by atoms with Crippen molar-refractivity contribution in [1.29, 1.82) is 0 Å². The molecular formula is C17H17N5O2S2. The summed E-state index contributed by atoms with van der Waals surface area (Å²) in [6.07, 6.45) is 0. The highest BCUT2D eigenvalue weighted by Gasteiger charge is 2.14. The van der Waals surface area contributed by atoms with E-state index in [0.717, 1.165) is 17.0 Å². The fraction of sp³-hybridized carbons (Fsp3) is 0.176. The molecule has 134 valence electrons. The van der Waals surface area contributed by atoms with Gasteiger partial charge in [0.2, 0.25) is 5.91 Å². The van der Waals surface area contributed by atoms with Gasteiger partial charge in [0.25, 0.3) is 5.91 Å². The topological polar surface area (TPSA) is 88.9 Å². The van der Waals surface area contributed by atoms with Crippen molar-refractivity contribution in [2.24, 2.45) is 7.05 Å². The van der Waals surface area contributed by atoms with Crippen LogP contribution in [0.1, 0.15) is 15.2 Å². The number of aryl methyl sites for hydroxylation is 1. The number of hydrogen-bond acceptors (Lipinski definition) is 6. The normalized spacial score (nSPS) is 10.5. The molecule has 26 heavy (non-hydrogen) atoms. The highest BCUT2D eigenvalue weighted by Crippen LogP contribution is 2.23. The summed E-state index contributed by atoms with van der Waals surface area (Å²) in [5, 5.41) is 10.8. The zero-order valence-electron chi connectivity index (χ0n) is 14.2. The van der Waals surface area contributed by atoms with Gasteiger partial charge in [-0.05, 0) is 24.4 Å². The first kappa shape index (κ1) is 18.2. The summed E-state index contributed by atoms with van der Waals surface area (Å²) >= 11 is 2.56. The van der Waals surface area contributed by atoms with E-state index in [-0.39, 0.29) is 17.6 Å². The van der Waals surface area contributed by atoms with Crippen molar-refractivity contribution in [3.63, 3.8) is 0 Å². The molecule has 3 aromatic rings. The Morgan fingerprint density at radius 3 is 2.77 bits per heavy atom. The zero-order chi connectivity index (χ0) is 18.5. The number of rotatable bonds is 5. The van der Waals surface area contributed by atoms with Crippen LogP contribution in [0, 0.1) is 6.92 Å². The van der Waals surface area contributed by atoms with Gasteiger partial charge in [-0.1, -0.05) is 41.6 Å². The van der Waals surface area contributed by atoms with Gasteiger partial charge in [-0.3, -0.25) is 20.4 Å². The molecule has 2 heterocycles. The van der Waals surface area contributed by atoms with Gasteiger partial charge in [-0.2, -0.15) is 0 Å². The number of carbonyl (C=O) groups excluding carboxylic acids is 2. The first-order valence-electron chi connectivity index (χ1n) is 7.76. The number of amides is 2. The van der Waals surface area contributed by atoms with Gasteiger partial charge >= 0.3 is 0 Å². The maximum Gasteiger partial charge on any atom is 0.279 e. The van der Waals surface area contributed by atoms with Crippen LogP contribution in [0.5, 0.6) is 0 Å². The summed E-state index contributed by atoms with van der Waals surface area (Å²) in [6, 6.07) is 11.5. The van der Waals surface area contributed by atoms with Crippen molar-refractivity contribution in [3.05, 3.63) is 52.2 Å². The predicted octanol–water partition coefficient (Wildman–Crippen LogP) is 2.41. The third-order valence-corrected chi connectivity index (χ3v) is 5.39. The molecule has 3 rings (SSSR count). The van der Waals surface area contributed by atoms with Crippen molar-refractivity contribution in [3.8, 4) is 11.4 Å². The predicted molar refractivity (Wildman–Crippen MR) is 102 cm³/mol. The van der Waals surface area contributed by atoms with E-state index in [1.54, 1.807) is 17.5 Å². The highest BCUT2D eigenvalue weighted by atomic mass is 32.2. The molecule has 0 aliphatic carbocycles. The maximum atomic E-state index is 11.9. The lowest BCUT2D eigenvalue weighted by atomic mass is 10.1. The summed E-state index contributed by atoms with van der Waals surface area (Å²) in [7, 11) is 1.86.